The third-order valence-electron chi connectivity index (χ3n) is 4.57. The molecule has 2 nitrogen and oxygen atoms in total. The van der Waals surface area contributed by atoms with Crippen molar-refractivity contribution in [1.82, 2.24) is 0 Å². The van der Waals surface area contributed by atoms with Crippen LogP contribution in [0.3, 0.4) is 0 Å². The van der Waals surface area contributed by atoms with Gasteiger partial charge in [0, 0.05) is 5.02 Å². The molecule has 1 saturated carbocycles. The third-order valence-corrected chi connectivity index (χ3v) is 4.81. The van der Waals surface area contributed by atoms with Crippen LogP contribution in [0, 0.1) is 11.8 Å². The van der Waals surface area contributed by atoms with E-state index >= 15 is 0 Å². The highest BCUT2D eigenvalue weighted by molar-refractivity contribution is 6.30. The maximum Gasteiger partial charge on any atom is 0.122 e. The van der Waals surface area contributed by atoms with Crippen LogP contribution in [-0.4, -0.2) is 13.7 Å². The first-order valence-corrected chi connectivity index (χ1v) is 7.60. The third kappa shape index (κ3) is 3.24. The predicted molar refractivity (Wildman–Crippen MR) is 80.9 cm³/mol. The Hall–Kier alpha value is -0.730. The van der Waals surface area contributed by atoms with Gasteiger partial charge in [-0.15, -0.1) is 0 Å². The van der Waals surface area contributed by atoms with Crippen LogP contribution in [0.4, 0.5) is 0 Å². The van der Waals surface area contributed by atoms with E-state index in [4.69, 9.17) is 22.1 Å². The zero-order chi connectivity index (χ0) is 13.8. The Morgan fingerprint density at radius 2 is 2.16 bits per heavy atom. The number of methoxy groups -OCH3 is 1. The smallest absolute Gasteiger partial charge is 0.122 e. The molecule has 3 atom stereocenters. The maximum atomic E-state index is 6.17. The monoisotopic (exact) mass is 281 g/mol. The van der Waals surface area contributed by atoms with E-state index in [0.29, 0.717) is 11.8 Å². The molecule has 0 aromatic heterocycles. The first kappa shape index (κ1) is 14.7. The van der Waals surface area contributed by atoms with Gasteiger partial charge in [-0.2, -0.15) is 0 Å². The highest BCUT2D eigenvalue weighted by atomic mass is 35.5. The number of hydrogen-bond acceptors (Lipinski definition) is 2. The minimum Gasteiger partial charge on any atom is -0.496 e. The first-order valence-electron chi connectivity index (χ1n) is 7.23. The summed E-state index contributed by atoms with van der Waals surface area (Å²) in [5, 5.41) is 0.783. The molecule has 0 bridgehead atoms. The number of benzene rings is 1. The summed E-state index contributed by atoms with van der Waals surface area (Å²) in [5.41, 5.74) is 7.21. The summed E-state index contributed by atoms with van der Waals surface area (Å²) in [6, 6.07) is 5.92. The van der Waals surface area contributed by atoms with Crippen LogP contribution < -0.4 is 10.5 Å². The second-order valence-corrected chi connectivity index (χ2v) is 6.01. The molecule has 2 rings (SSSR count). The van der Waals surface area contributed by atoms with Crippen molar-refractivity contribution < 1.29 is 4.74 Å². The van der Waals surface area contributed by atoms with Crippen molar-refractivity contribution in [3.63, 3.8) is 0 Å². The van der Waals surface area contributed by atoms with Gasteiger partial charge in [0.15, 0.2) is 0 Å². The van der Waals surface area contributed by atoms with E-state index in [0.717, 1.165) is 23.2 Å². The molecule has 1 aliphatic rings. The average Bonchev–Trinajstić information content (AvgIpc) is 2.46. The molecule has 1 aromatic carbocycles. The maximum absolute atomic E-state index is 6.17. The molecule has 1 fully saturated rings. The van der Waals surface area contributed by atoms with Crippen LogP contribution in [-0.2, 0) is 0 Å². The van der Waals surface area contributed by atoms with Gasteiger partial charge in [-0.3, -0.25) is 0 Å². The van der Waals surface area contributed by atoms with E-state index in [1.54, 1.807) is 7.11 Å². The van der Waals surface area contributed by atoms with E-state index in [2.05, 4.69) is 13.0 Å². The van der Waals surface area contributed by atoms with Crippen LogP contribution in [0.1, 0.15) is 44.1 Å². The molecular formula is C16H24ClNO. The molecule has 3 heteroatoms. The fraction of sp³-hybridized carbons (Fsp3) is 0.625. The van der Waals surface area contributed by atoms with Gasteiger partial charge in [-0.1, -0.05) is 31.4 Å². The van der Waals surface area contributed by atoms with Crippen LogP contribution in [0.2, 0.25) is 5.02 Å². The van der Waals surface area contributed by atoms with Crippen LogP contribution >= 0.6 is 11.6 Å². The van der Waals surface area contributed by atoms with Crippen molar-refractivity contribution in [2.24, 2.45) is 17.6 Å². The largest absolute Gasteiger partial charge is 0.496 e. The summed E-state index contributed by atoms with van der Waals surface area (Å²) in [7, 11) is 1.73. The molecule has 1 aliphatic carbocycles. The SMILES string of the molecule is CCC1CCC(CN)C(c2cc(Cl)ccc2OC)C1. The van der Waals surface area contributed by atoms with Gasteiger partial charge in [-0.25, -0.2) is 0 Å². The normalized spacial score (nSPS) is 27.3. The molecule has 0 heterocycles. The predicted octanol–water partition coefficient (Wildman–Crippen LogP) is 4.22. The summed E-state index contributed by atoms with van der Waals surface area (Å²) in [6.07, 6.45) is 4.97. The summed E-state index contributed by atoms with van der Waals surface area (Å²) >= 11 is 6.17. The molecular weight excluding hydrogens is 258 g/mol. The standard InChI is InChI=1S/C16H24ClNO/c1-3-11-4-5-12(10-18)14(8-11)15-9-13(17)6-7-16(15)19-2/h6-7,9,11-12,14H,3-5,8,10,18H2,1-2H3. The molecule has 0 aliphatic heterocycles. The number of hydrogen-bond donors (Lipinski definition) is 1. The Morgan fingerprint density at radius 3 is 2.79 bits per heavy atom. The molecule has 0 spiro atoms. The van der Waals surface area contributed by atoms with Crippen molar-refractivity contribution in [1.29, 1.82) is 0 Å². The molecule has 19 heavy (non-hydrogen) atoms. The minimum atomic E-state index is 0.484. The van der Waals surface area contributed by atoms with E-state index in [-0.39, 0.29) is 0 Å². The first-order chi connectivity index (χ1) is 9.19. The summed E-state index contributed by atoms with van der Waals surface area (Å²) < 4.78 is 5.52. The average molecular weight is 282 g/mol. The Balaban J connectivity index is 2.32. The second kappa shape index (κ2) is 6.62. The Morgan fingerprint density at radius 1 is 1.37 bits per heavy atom. The van der Waals surface area contributed by atoms with Gasteiger partial charge in [0.2, 0.25) is 0 Å². The number of halogens is 1. The number of nitrogens with two attached hydrogens (primary N) is 1. The minimum absolute atomic E-state index is 0.484. The summed E-state index contributed by atoms with van der Waals surface area (Å²) in [6.45, 7) is 3.02. The fourth-order valence-corrected chi connectivity index (χ4v) is 3.53. The molecule has 0 saturated heterocycles. The van der Waals surface area contributed by atoms with Gasteiger partial charge in [-0.05, 0) is 60.9 Å². The topological polar surface area (TPSA) is 35.2 Å². The van der Waals surface area contributed by atoms with E-state index in [1.807, 2.05) is 12.1 Å². The molecule has 1 aromatic rings. The zero-order valence-electron chi connectivity index (χ0n) is 11.9. The fourth-order valence-electron chi connectivity index (χ4n) is 3.35. The van der Waals surface area contributed by atoms with Gasteiger partial charge >= 0.3 is 0 Å². The van der Waals surface area contributed by atoms with Crippen molar-refractivity contribution in [3.05, 3.63) is 28.8 Å². The second-order valence-electron chi connectivity index (χ2n) is 5.58. The van der Waals surface area contributed by atoms with Gasteiger partial charge in [0.1, 0.15) is 5.75 Å². The van der Waals surface area contributed by atoms with E-state index in [9.17, 15) is 0 Å². The number of ether oxygens (including phenoxy) is 1. The lowest BCUT2D eigenvalue weighted by Gasteiger charge is -2.36. The van der Waals surface area contributed by atoms with Crippen LogP contribution in [0.25, 0.3) is 0 Å². The van der Waals surface area contributed by atoms with Gasteiger partial charge < -0.3 is 10.5 Å². The van der Waals surface area contributed by atoms with Crippen molar-refractivity contribution in [3.8, 4) is 5.75 Å². The Bertz CT molecular complexity index is 421. The molecule has 3 unspecified atom stereocenters. The highest BCUT2D eigenvalue weighted by Gasteiger charge is 2.31. The lowest BCUT2D eigenvalue weighted by molar-refractivity contribution is 0.232. The van der Waals surface area contributed by atoms with Crippen LogP contribution in [0.15, 0.2) is 18.2 Å². The highest BCUT2D eigenvalue weighted by Crippen LogP contribution is 2.44. The van der Waals surface area contributed by atoms with Crippen molar-refractivity contribution in [2.75, 3.05) is 13.7 Å². The molecule has 0 radical (unpaired) electrons. The number of rotatable bonds is 4. The van der Waals surface area contributed by atoms with Crippen molar-refractivity contribution >= 4 is 11.6 Å². The molecule has 2 N–H and O–H groups in total. The molecule has 106 valence electrons. The Kier molecular flexibility index (Phi) is 5.12. The summed E-state index contributed by atoms with van der Waals surface area (Å²) in [5.74, 6) is 2.79. The van der Waals surface area contributed by atoms with E-state index in [1.165, 1.54) is 31.2 Å². The van der Waals surface area contributed by atoms with Crippen molar-refractivity contribution in [2.45, 2.75) is 38.5 Å². The van der Waals surface area contributed by atoms with Gasteiger partial charge in [0.25, 0.3) is 0 Å². The van der Waals surface area contributed by atoms with E-state index < -0.39 is 0 Å². The van der Waals surface area contributed by atoms with Crippen LogP contribution in [0.5, 0.6) is 5.75 Å². The quantitative estimate of drug-likeness (QED) is 0.897. The lowest BCUT2D eigenvalue weighted by atomic mass is 9.70. The lowest BCUT2D eigenvalue weighted by Crippen LogP contribution is -2.29. The molecule has 0 amide bonds. The van der Waals surface area contributed by atoms with Gasteiger partial charge in [0.05, 0.1) is 7.11 Å². The zero-order valence-corrected chi connectivity index (χ0v) is 12.6. The summed E-state index contributed by atoms with van der Waals surface area (Å²) in [4.78, 5) is 0. The Labute approximate surface area is 121 Å².